The molecule has 4 nitrogen and oxygen atoms in total. The number of carbonyl (C=O) groups is 2. The Hall–Kier alpha value is -2.62. The summed E-state index contributed by atoms with van der Waals surface area (Å²) in [6.45, 7) is 2.11. The van der Waals surface area contributed by atoms with Gasteiger partial charge in [0, 0.05) is 11.1 Å². The van der Waals surface area contributed by atoms with E-state index < -0.39 is 0 Å². The van der Waals surface area contributed by atoms with Gasteiger partial charge >= 0.3 is 0 Å². The molecule has 0 amide bonds. The highest BCUT2D eigenvalue weighted by Gasteiger charge is 2.18. The minimum absolute atomic E-state index is 0.150. The fourth-order valence-electron chi connectivity index (χ4n) is 2.16. The lowest BCUT2D eigenvalue weighted by Gasteiger charge is -2.03. The zero-order valence-electron chi connectivity index (χ0n) is 11.6. The van der Waals surface area contributed by atoms with Crippen molar-refractivity contribution in [3.8, 4) is 11.5 Å². The zero-order valence-corrected chi connectivity index (χ0v) is 11.6. The second-order valence-electron chi connectivity index (χ2n) is 4.96. The molecule has 2 aromatic rings. The van der Waals surface area contributed by atoms with Crippen LogP contribution >= 0.6 is 0 Å². The first-order valence-corrected chi connectivity index (χ1v) is 6.66. The number of fused-ring (bicyclic) bond motifs is 1. The second kappa shape index (κ2) is 5.40. The van der Waals surface area contributed by atoms with Crippen LogP contribution in [-0.4, -0.2) is 18.4 Å². The molecule has 4 heteroatoms. The van der Waals surface area contributed by atoms with Crippen LogP contribution in [-0.2, 0) is 0 Å². The highest BCUT2D eigenvalue weighted by Crippen LogP contribution is 2.32. The van der Waals surface area contributed by atoms with Crippen molar-refractivity contribution in [3.63, 3.8) is 0 Å². The van der Waals surface area contributed by atoms with E-state index in [2.05, 4.69) is 0 Å². The number of ether oxygens (including phenoxy) is 2. The van der Waals surface area contributed by atoms with E-state index in [1.807, 2.05) is 19.1 Å². The van der Waals surface area contributed by atoms with E-state index in [9.17, 15) is 9.59 Å². The number of carbonyl (C=O) groups excluding carboxylic acids is 2. The molecule has 0 atom stereocenters. The van der Waals surface area contributed by atoms with Crippen LogP contribution in [0.15, 0.2) is 42.5 Å². The summed E-state index contributed by atoms with van der Waals surface area (Å²) in [5, 5.41) is 0. The van der Waals surface area contributed by atoms with Gasteiger partial charge in [0.1, 0.15) is 0 Å². The van der Waals surface area contributed by atoms with Crippen molar-refractivity contribution in [2.24, 2.45) is 0 Å². The summed E-state index contributed by atoms with van der Waals surface area (Å²) >= 11 is 0. The van der Waals surface area contributed by atoms with Crippen LogP contribution in [0, 0.1) is 6.92 Å². The summed E-state index contributed by atoms with van der Waals surface area (Å²) in [7, 11) is 0. The molecular weight excluding hydrogens is 268 g/mol. The standard InChI is InChI=1S/C17H14O4/c1-11-2-4-12(5-3-11)14(18)9-15(19)13-6-7-16-17(8-13)21-10-20-16/h2-8H,9-10H2,1H3. The highest BCUT2D eigenvalue weighted by molar-refractivity contribution is 6.13. The fourth-order valence-corrected chi connectivity index (χ4v) is 2.16. The third kappa shape index (κ3) is 2.79. The summed E-state index contributed by atoms with van der Waals surface area (Å²) in [4.78, 5) is 24.3. The Balaban J connectivity index is 1.74. The first kappa shape index (κ1) is 13.4. The van der Waals surface area contributed by atoms with E-state index in [4.69, 9.17) is 9.47 Å². The van der Waals surface area contributed by atoms with Crippen LogP contribution in [0.4, 0.5) is 0 Å². The Kier molecular flexibility index (Phi) is 3.44. The largest absolute Gasteiger partial charge is 0.454 e. The van der Waals surface area contributed by atoms with Crippen molar-refractivity contribution in [2.45, 2.75) is 13.3 Å². The van der Waals surface area contributed by atoms with Crippen molar-refractivity contribution in [1.82, 2.24) is 0 Å². The lowest BCUT2D eigenvalue weighted by atomic mass is 10.0. The number of rotatable bonds is 4. The molecule has 0 aliphatic carbocycles. The topological polar surface area (TPSA) is 52.6 Å². The molecule has 0 unspecified atom stereocenters. The summed E-state index contributed by atoms with van der Waals surface area (Å²) in [5.74, 6) is 0.761. The molecule has 0 spiro atoms. The minimum Gasteiger partial charge on any atom is -0.454 e. The van der Waals surface area contributed by atoms with Gasteiger partial charge in [-0.05, 0) is 25.1 Å². The fraction of sp³-hybridized carbons (Fsp3) is 0.176. The Morgan fingerprint density at radius 1 is 0.905 bits per heavy atom. The van der Waals surface area contributed by atoms with Gasteiger partial charge in [-0.1, -0.05) is 29.8 Å². The molecule has 1 aliphatic heterocycles. The van der Waals surface area contributed by atoms with E-state index >= 15 is 0 Å². The third-order valence-electron chi connectivity index (χ3n) is 3.39. The van der Waals surface area contributed by atoms with Gasteiger partial charge in [0.05, 0.1) is 6.42 Å². The van der Waals surface area contributed by atoms with Crippen LogP contribution in [0.2, 0.25) is 0 Å². The monoisotopic (exact) mass is 282 g/mol. The Bertz CT molecular complexity index is 701. The molecule has 3 rings (SSSR count). The first-order valence-electron chi connectivity index (χ1n) is 6.66. The molecule has 0 aromatic heterocycles. The molecular formula is C17H14O4. The normalized spacial score (nSPS) is 12.2. The maximum Gasteiger partial charge on any atom is 0.231 e. The van der Waals surface area contributed by atoms with Crippen molar-refractivity contribution in [1.29, 1.82) is 0 Å². The lowest BCUT2D eigenvalue weighted by molar-refractivity contribution is 0.0894. The average molecular weight is 282 g/mol. The number of ketones is 2. The van der Waals surface area contributed by atoms with Crippen molar-refractivity contribution in [2.75, 3.05) is 6.79 Å². The van der Waals surface area contributed by atoms with Gasteiger partial charge in [0.2, 0.25) is 6.79 Å². The van der Waals surface area contributed by atoms with Gasteiger partial charge in [-0.3, -0.25) is 9.59 Å². The minimum atomic E-state index is -0.223. The Morgan fingerprint density at radius 2 is 1.52 bits per heavy atom. The third-order valence-corrected chi connectivity index (χ3v) is 3.39. The molecule has 0 N–H and O–H groups in total. The van der Waals surface area contributed by atoms with Crippen LogP contribution in [0.25, 0.3) is 0 Å². The van der Waals surface area contributed by atoms with E-state index in [1.54, 1.807) is 30.3 Å². The summed E-state index contributed by atoms with van der Waals surface area (Å²) < 4.78 is 10.4. The molecule has 1 heterocycles. The van der Waals surface area contributed by atoms with E-state index in [-0.39, 0.29) is 24.8 Å². The van der Waals surface area contributed by atoms with Gasteiger partial charge in [0.15, 0.2) is 23.1 Å². The molecule has 0 radical (unpaired) electrons. The number of aryl methyl sites for hydroxylation is 1. The van der Waals surface area contributed by atoms with Crippen LogP contribution in [0.1, 0.15) is 32.7 Å². The van der Waals surface area contributed by atoms with E-state index in [1.165, 1.54) is 0 Å². The quantitative estimate of drug-likeness (QED) is 0.638. The molecule has 0 saturated heterocycles. The van der Waals surface area contributed by atoms with Gasteiger partial charge in [-0.15, -0.1) is 0 Å². The van der Waals surface area contributed by atoms with Gasteiger partial charge in [-0.2, -0.15) is 0 Å². The Labute approximate surface area is 122 Å². The summed E-state index contributed by atoms with van der Waals surface area (Å²) in [6, 6.07) is 12.2. The zero-order chi connectivity index (χ0) is 14.8. The predicted octanol–water partition coefficient (Wildman–Crippen LogP) is 3.18. The molecule has 2 aromatic carbocycles. The van der Waals surface area contributed by atoms with E-state index in [0.29, 0.717) is 22.6 Å². The van der Waals surface area contributed by atoms with Gasteiger partial charge < -0.3 is 9.47 Å². The number of benzene rings is 2. The SMILES string of the molecule is Cc1ccc(C(=O)CC(=O)c2ccc3c(c2)OCO3)cc1. The summed E-state index contributed by atoms with van der Waals surface area (Å²) in [6.07, 6.45) is -0.150. The lowest BCUT2D eigenvalue weighted by Crippen LogP contribution is -2.08. The van der Waals surface area contributed by atoms with Crippen molar-refractivity contribution in [3.05, 3.63) is 59.2 Å². The van der Waals surface area contributed by atoms with Crippen LogP contribution in [0.5, 0.6) is 11.5 Å². The molecule has 1 aliphatic rings. The molecule has 21 heavy (non-hydrogen) atoms. The van der Waals surface area contributed by atoms with Crippen LogP contribution < -0.4 is 9.47 Å². The van der Waals surface area contributed by atoms with Gasteiger partial charge in [0.25, 0.3) is 0 Å². The average Bonchev–Trinajstić information content (AvgIpc) is 2.95. The van der Waals surface area contributed by atoms with Crippen molar-refractivity contribution < 1.29 is 19.1 Å². The second-order valence-corrected chi connectivity index (χ2v) is 4.96. The molecule has 106 valence electrons. The molecule has 0 fully saturated rings. The maximum atomic E-state index is 12.2. The number of Topliss-reactive ketones (excluding diaryl/α,β-unsaturated/α-hetero) is 2. The Morgan fingerprint density at radius 3 is 2.29 bits per heavy atom. The highest BCUT2D eigenvalue weighted by atomic mass is 16.7. The number of hydrogen-bond donors (Lipinski definition) is 0. The predicted molar refractivity (Wildman–Crippen MR) is 77.0 cm³/mol. The summed E-state index contributed by atoms with van der Waals surface area (Å²) in [5.41, 5.74) is 2.09. The van der Waals surface area contributed by atoms with Gasteiger partial charge in [-0.25, -0.2) is 0 Å². The molecule has 0 saturated carbocycles. The maximum absolute atomic E-state index is 12.2. The van der Waals surface area contributed by atoms with E-state index in [0.717, 1.165) is 5.56 Å². The smallest absolute Gasteiger partial charge is 0.231 e. The number of hydrogen-bond acceptors (Lipinski definition) is 4. The first-order chi connectivity index (χ1) is 10.1. The van der Waals surface area contributed by atoms with Crippen molar-refractivity contribution >= 4 is 11.6 Å². The molecule has 0 bridgehead atoms. The van der Waals surface area contributed by atoms with Crippen LogP contribution in [0.3, 0.4) is 0 Å².